The van der Waals surface area contributed by atoms with Gasteiger partial charge in [-0.3, -0.25) is 9.69 Å². The summed E-state index contributed by atoms with van der Waals surface area (Å²) in [4.78, 5) is 19.1. The molecule has 1 amide bonds. The van der Waals surface area contributed by atoms with E-state index in [1.54, 1.807) is 5.38 Å². The first-order valence-electron chi connectivity index (χ1n) is 10.7. The maximum absolute atomic E-state index is 13.9. The van der Waals surface area contributed by atoms with Crippen LogP contribution in [-0.4, -0.2) is 42.0 Å². The van der Waals surface area contributed by atoms with Gasteiger partial charge in [0, 0.05) is 30.1 Å². The SMILES string of the molecule is O=C(NCC1CCN(C/C=C/c2ccccc2)CC1)c1nc(-c2ccc(F)cc2F)cs1. The zero-order chi connectivity index (χ0) is 22.3. The first kappa shape index (κ1) is 22.3. The lowest BCUT2D eigenvalue weighted by atomic mass is 9.97. The summed E-state index contributed by atoms with van der Waals surface area (Å²) >= 11 is 1.16. The Morgan fingerprint density at radius 2 is 1.94 bits per heavy atom. The number of benzene rings is 2. The Balaban J connectivity index is 1.22. The minimum atomic E-state index is -0.687. The summed E-state index contributed by atoms with van der Waals surface area (Å²) in [7, 11) is 0. The molecule has 4 nitrogen and oxygen atoms in total. The molecular formula is C25H25F2N3OS. The van der Waals surface area contributed by atoms with Crippen LogP contribution in [0.4, 0.5) is 8.78 Å². The average Bonchev–Trinajstić information content (AvgIpc) is 3.29. The number of carbonyl (C=O) groups excluding carboxylic acids is 1. The first-order valence-corrected chi connectivity index (χ1v) is 11.6. The number of thiazole rings is 1. The van der Waals surface area contributed by atoms with Crippen LogP contribution in [0.2, 0.25) is 0 Å². The Hall–Kier alpha value is -2.90. The van der Waals surface area contributed by atoms with Crippen LogP contribution in [0.3, 0.4) is 0 Å². The van der Waals surface area contributed by atoms with Crippen molar-refractivity contribution in [2.24, 2.45) is 5.92 Å². The molecule has 1 saturated heterocycles. The molecule has 1 aliphatic rings. The van der Waals surface area contributed by atoms with Crippen molar-refractivity contribution in [2.75, 3.05) is 26.2 Å². The maximum atomic E-state index is 13.9. The molecule has 0 radical (unpaired) electrons. The summed E-state index contributed by atoms with van der Waals surface area (Å²) in [6.45, 7) is 3.54. The number of likely N-dealkylation sites (tertiary alicyclic amines) is 1. The van der Waals surface area contributed by atoms with Crippen LogP contribution in [0.1, 0.15) is 28.2 Å². The van der Waals surface area contributed by atoms with E-state index in [2.05, 4.69) is 39.5 Å². The van der Waals surface area contributed by atoms with Crippen molar-refractivity contribution in [1.29, 1.82) is 0 Å². The van der Waals surface area contributed by atoms with Gasteiger partial charge in [0.15, 0.2) is 5.01 Å². The van der Waals surface area contributed by atoms with E-state index in [-0.39, 0.29) is 16.5 Å². The Bertz CT molecular complexity index is 1080. The Morgan fingerprint density at radius 1 is 1.16 bits per heavy atom. The molecule has 0 bridgehead atoms. The van der Waals surface area contributed by atoms with Crippen LogP contribution in [0.5, 0.6) is 0 Å². The van der Waals surface area contributed by atoms with Gasteiger partial charge in [0.05, 0.1) is 5.69 Å². The van der Waals surface area contributed by atoms with Crippen LogP contribution in [-0.2, 0) is 0 Å². The lowest BCUT2D eigenvalue weighted by molar-refractivity contribution is 0.0937. The summed E-state index contributed by atoms with van der Waals surface area (Å²) < 4.78 is 27.1. The molecular weight excluding hydrogens is 428 g/mol. The molecule has 3 aromatic rings. The molecule has 1 aromatic heterocycles. The predicted molar refractivity (Wildman–Crippen MR) is 124 cm³/mol. The van der Waals surface area contributed by atoms with Gasteiger partial charge in [-0.1, -0.05) is 42.5 Å². The fourth-order valence-corrected chi connectivity index (χ4v) is 4.52. The zero-order valence-corrected chi connectivity index (χ0v) is 18.5. The van der Waals surface area contributed by atoms with Crippen molar-refractivity contribution in [3.63, 3.8) is 0 Å². The minimum absolute atomic E-state index is 0.190. The van der Waals surface area contributed by atoms with Gasteiger partial charge in [-0.15, -0.1) is 11.3 Å². The number of rotatable bonds is 7. The molecule has 4 rings (SSSR count). The third-order valence-electron chi connectivity index (χ3n) is 5.64. The summed E-state index contributed by atoms with van der Waals surface area (Å²) in [5, 5.41) is 4.86. The number of aromatic nitrogens is 1. The average molecular weight is 454 g/mol. The van der Waals surface area contributed by atoms with Crippen LogP contribution in [0, 0.1) is 17.6 Å². The Labute approximate surface area is 190 Å². The highest BCUT2D eigenvalue weighted by Crippen LogP contribution is 2.25. The van der Waals surface area contributed by atoms with Crippen molar-refractivity contribution >= 4 is 23.3 Å². The summed E-state index contributed by atoms with van der Waals surface area (Å²) in [6.07, 6.45) is 6.40. The van der Waals surface area contributed by atoms with Crippen molar-refractivity contribution in [2.45, 2.75) is 12.8 Å². The molecule has 0 aliphatic carbocycles. The van der Waals surface area contributed by atoms with Crippen LogP contribution in [0.15, 0.2) is 60.0 Å². The first-order chi connectivity index (χ1) is 15.6. The lowest BCUT2D eigenvalue weighted by Gasteiger charge is -2.31. The number of piperidine rings is 1. The quantitative estimate of drug-likeness (QED) is 0.532. The van der Waals surface area contributed by atoms with Crippen LogP contribution >= 0.6 is 11.3 Å². The highest BCUT2D eigenvalue weighted by molar-refractivity contribution is 7.12. The normalized spacial score (nSPS) is 15.3. The van der Waals surface area contributed by atoms with Gasteiger partial charge in [-0.25, -0.2) is 13.8 Å². The van der Waals surface area contributed by atoms with E-state index in [9.17, 15) is 13.6 Å². The third-order valence-corrected chi connectivity index (χ3v) is 6.48. The maximum Gasteiger partial charge on any atom is 0.280 e. The Kier molecular flexibility index (Phi) is 7.39. The second-order valence-corrected chi connectivity index (χ2v) is 8.79. The van der Waals surface area contributed by atoms with Gasteiger partial charge in [0.25, 0.3) is 5.91 Å². The number of carbonyl (C=O) groups is 1. The van der Waals surface area contributed by atoms with Gasteiger partial charge >= 0.3 is 0 Å². The fourth-order valence-electron chi connectivity index (χ4n) is 3.79. The number of halogens is 2. The molecule has 166 valence electrons. The smallest absolute Gasteiger partial charge is 0.280 e. The third kappa shape index (κ3) is 5.87. The van der Waals surface area contributed by atoms with E-state index in [4.69, 9.17) is 0 Å². The molecule has 0 spiro atoms. The van der Waals surface area contributed by atoms with Gasteiger partial charge in [-0.05, 0) is 49.5 Å². The number of nitrogens with one attached hydrogen (secondary N) is 1. The topological polar surface area (TPSA) is 45.2 Å². The van der Waals surface area contributed by atoms with E-state index in [1.807, 2.05) is 18.2 Å². The number of hydrogen-bond acceptors (Lipinski definition) is 4. The van der Waals surface area contributed by atoms with Crippen LogP contribution in [0.25, 0.3) is 17.3 Å². The Morgan fingerprint density at radius 3 is 2.69 bits per heavy atom. The monoisotopic (exact) mass is 453 g/mol. The van der Waals surface area contributed by atoms with E-state index < -0.39 is 11.6 Å². The lowest BCUT2D eigenvalue weighted by Crippen LogP contribution is -2.38. The van der Waals surface area contributed by atoms with Gasteiger partial charge in [-0.2, -0.15) is 0 Å². The molecule has 32 heavy (non-hydrogen) atoms. The molecule has 1 aliphatic heterocycles. The van der Waals surface area contributed by atoms with E-state index in [1.165, 1.54) is 17.7 Å². The van der Waals surface area contributed by atoms with E-state index >= 15 is 0 Å². The number of hydrogen-bond donors (Lipinski definition) is 1. The molecule has 2 aromatic carbocycles. The summed E-state index contributed by atoms with van der Waals surface area (Å²) in [6, 6.07) is 13.6. The van der Waals surface area contributed by atoms with Gasteiger partial charge < -0.3 is 5.32 Å². The van der Waals surface area contributed by atoms with Crippen molar-refractivity contribution in [3.05, 3.63) is 82.2 Å². The number of amides is 1. The van der Waals surface area contributed by atoms with Crippen molar-refractivity contribution in [3.8, 4) is 11.3 Å². The predicted octanol–water partition coefficient (Wildman–Crippen LogP) is 5.24. The molecule has 0 saturated carbocycles. The molecule has 0 atom stereocenters. The van der Waals surface area contributed by atoms with Crippen molar-refractivity contribution < 1.29 is 13.6 Å². The van der Waals surface area contributed by atoms with Gasteiger partial charge in [0.2, 0.25) is 0 Å². The summed E-state index contributed by atoms with van der Waals surface area (Å²) in [5.41, 5.74) is 1.74. The molecule has 1 fully saturated rings. The second kappa shape index (κ2) is 10.6. The largest absolute Gasteiger partial charge is 0.350 e. The molecule has 7 heteroatoms. The fraction of sp³-hybridized carbons (Fsp3) is 0.280. The standard InChI is InChI=1S/C25H25F2N3OS/c26-20-8-9-21(22(27)15-20)23-17-32-25(29-23)24(31)28-16-19-10-13-30(14-11-19)12-4-7-18-5-2-1-3-6-18/h1-9,15,17,19H,10-14,16H2,(H,28,31)/b7-4+. The molecule has 1 N–H and O–H groups in total. The van der Waals surface area contributed by atoms with Crippen LogP contribution < -0.4 is 5.32 Å². The highest BCUT2D eigenvalue weighted by atomic mass is 32.1. The second-order valence-electron chi connectivity index (χ2n) is 7.93. The number of nitrogens with zero attached hydrogens (tertiary/aromatic N) is 2. The van der Waals surface area contributed by atoms with Gasteiger partial charge in [0.1, 0.15) is 11.6 Å². The molecule has 2 heterocycles. The zero-order valence-electron chi connectivity index (χ0n) is 17.6. The minimum Gasteiger partial charge on any atom is -0.350 e. The summed E-state index contributed by atoms with van der Waals surface area (Å²) in [5.74, 6) is -1.15. The van der Waals surface area contributed by atoms with E-state index in [0.29, 0.717) is 18.2 Å². The highest BCUT2D eigenvalue weighted by Gasteiger charge is 2.20. The van der Waals surface area contributed by atoms with Crippen molar-refractivity contribution in [1.82, 2.24) is 15.2 Å². The molecule has 0 unspecified atom stereocenters. The van der Waals surface area contributed by atoms with E-state index in [0.717, 1.165) is 49.9 Å².